The average molecular weight is 318 g/mol. The molecular weight excluding hydrogens is 303 g/mol. The fraction of sp³-hybridized carbons (Fsp3) is 0.188. The van der Waals surface area contributed by atoms with Crippen molar-refractivity contribution in [2.45, 2.75) is 19.1 Å². The maximum Gasteiger partial charge on any atom is 0.408 e. The average Bonchev–Trinajstić information content (AvgIpc) is 2.53. The van der Waals surface area contributed by atoms with Crippen LogP contribution in [-0.2, 0) is 21.7 Å². The highest BCUT2D eigenvalue weighted by Crippen LogP contribution is 2.21. The van der Waals surface area contributed by atoms with Gasteiger partial charge in [-0.05, 0) is 18.6 Å². The first-order valence-electron chi connectivity index (χ1n) is 6.75. The second-order valence-corrected chi connectivity index (χ2v) is 5.01. The molecule has 120 valence electrons. The molecule has 0 radical (unpaired) electrons. The zero-order valence-corrected chi connectivity index (χ0v) is 12.3. The summed E-state index contributed by atoms with van der Waals surface area (Å²) in [5.41, 5.74) is -1.10. The molecule has 0 bridgehead atoms. The van der Waals surface area contributed by atoms with Gasteiger partial charge in [0.05, 0.1) is 6.20 Å². The molecule has 0 aliphatic heterocycles. The molecule has 7 heteroatoms. The summed E-state index contributed by atoms with van der Waals surface area (Å²) < 4.78 is 18.3. The molecule has 1 unspecified atom stereocenters. The highest BCUT2D eigenvalue weighted by Gasteiger charge is 2.38. The SMILES string of the molecule is CC(NC(=O)OCc1ccccc1)(C(=O)O)c1cncc(F)c1. The maximum atomic E-state index is 13.3. The number of rotatable bonds is 5. The van der Waals surface area contributed by atoms with Crippen LogP contribution in [0.5, 0.6) is 0 Å². The molecule has 1 aromatic heterocycles. The van der Waals surface area contributed by atoms with Gasteiger partial charge in [0.25, 0.3) is 0 Å². The molecule has 1 aromatic carbocycles. The zero-order valence-electron chi connectivity index (χ0n) is 12.3. The van der Waals surface area contributed by atoms with Gasteiger partial charge in [-0.2, -0.15) is 0 Å². The van der Waals surface area contributed by atoms with E-state index in [1.807, 2.05) is 6.07 Å². The lowest BCUT2D eigenvalue weighted by atomic mass is 9.94. The highest BCUT2D eigenvalue weighted by molar-refractivity contribution is 5.85. The monoisotopic (exact) mass is 318 g/mol. The number of carboxylic acids is 1. The van der Waals surface area contributed by atoms with Crippen LogP contribution < -0.4 is 5.32 Å². The number of aromatic nitrogens is 1. The van der Waals surface area contributed by atoms with Crippen LogP contribution in [0.25, 0.3) is 0 Å². The Bertz CT molecular complexity index is 708. The predicted octanol–water partition coefficient (Wildman–Crippen LogP) is 2.45. The van der Waals surface area contributed by atoms with E-state index in [9.17, 15) is 19.1 Å². The van der Waals surface area contributed by atoms with E-state index in [2.05, 4.69) is 10.3 Å². The lowest BCUT2D eigenvalue weighted by molar-refractivity contribution is -0.144. The molecular formula is C16H15FN2O4. The topological polar surface area (TPSA) is 88.5 Å². The van der Waals surface area contributed by atoms with E-state index in [1.165, 1.54) is 13.1 Å². The Balaban J connectivity index is 2.10. The number of carbonyl (C=O) groups is 2. The molecule has 1 atom stereocenters. The van der Waals surface area contributed by atoms with E-state index in [-0.39, 0.29) is 12.2 Å². The summed E-state index contributed by atoms with van der Waals surface area (Å²) in [6, 6.07) is 9.92. The van der Waals surface area contributed by atoms with E-state index >= 15 is 0 Å². The van der Waals surface area contributed by atoms with E-state index in [1.54, 1.807) is 24.3 Å². The van der Waals surface area contributed by atoms with Gasteiger partial charge in [0, 0.05) is 11.8 Å². The minimum atomic E-state index is -1.86. The number of carboxylic acid groups (broad SMARTS) is 1. The first-order valence-corrected chi connectivity index (χ1v) is 6.75. The van der Waals surface area contributed by atoms with Crippen LogP contribution in [0.1, 0.15) is 18.1 Å². The Labute approximate surface area is 131 Å². The normalized spacial score (nSPS) is 13.0. The van der Waals surface area contributed by atoms with E-state index in [0.717, 1.165) is 17.8 Å². The standard InChI is InChI=1S/C16H15FN2O4/c1-16(14(20)21,12-7-13(17)9-18-8-12)19-15(22)23-10-11-5-3-2-4-6-11/h2-9H,10H2,1H3,(H,19,22)(H,20,21). The van der Waals surface area contributed by atoms with Gasteiger partial charge in [-0.1, -0.05) is 30.3 Å². The van der Waals surface area contributed by atoms with Gasteiger partial charge in [-0.3, -0.25) is 4.98 Å². The minimum Gasteiger partial charge on any atom is -0.479 e. The van der Waals surface area contributed by atoms with Gasteiger partial charge in [-0.15, -0.1) is 0 Å². The van der Waals surface area contributed by atoms with Gasteiger partial charge in [0.1, 0.15) is 12.4 Å². The van der Waals surface area contributed by atoms with E-state index in [0.29, 0.717) is 0 Å². The van der Waals surface area contributed by atoms with Gasteiger partial charge in [0.2, 0.25) is 0 Å². The van der Waals surface area contributed by atoms with Crippen molar-refractivity contribution in [2.24, 2.45) is 0 Å². The Morgan fingerprint density at radius 2 is 2.00 bits per heavy atom. The summed E-state index contributed by atoms with van der Waals surface area (Å²) in [7, 11) is 0. The Morgan fingerprint density at radius 1 is 1.30 bits per heavy atom. The molecule has 2 aromatic rings. The molecule has 0 aliphatic rings. The van der Waals surface area contributed by atoms with E-state index in [4.69, 9.17) is 4.74 Å². The van der Waals surface area contributed by atoms with Crippen molar-refractivity contribution in [3.05, 3.63) is 65.7 Å². The van der Waals surface area contributed by atoms with Gasteiger partial charge in [0.15, 0.2) is 5.54 Å². The fourth-order valence-corrected chi connectivity index (χ4v) is 1.90. The molecule has 0 fully saturated rings. The van der Waals surface area contributed by atoms with Crippen LogP contribution in [-0.4, -0.2) is 22.2 Å². The van der Waals surface area contributed by atoms with Crippen molar-refractivity contribution < 1.29 is 23.8 Å². The van der Waals surface area contributed by atoms with Crippen molar-refractivity contribution in [3.63, 3.8) is 0 Å². The number of nitrogens with one attached hydrogen (secondary N) is 1. The molecule has 0 saturated carbocycles. The Hall–Kier alpha value is -2.96. The lowest BCUT2D eigenvalue weighted by Gasteiger charge is -2.26. The van der Waals surface area contributed by atoms with Crippen LogP contribution in [0.3, 0.4) is 0 Å². The smallest absolute Gasteiger partial charge is 0.408 e. The molecule has 6 nitrogen and oxygen atoms in total. The summed E-state index contributed by atoms with van der Waals surface area (Å²) in [6.45, 7) is 1.22. The number of halogens is 1. The molecule has 0 spiro atoms. The van der Waals surface area contributed by atoms with Gasteiger partial charge >= 0.3 is 12.1 Å². The number of carbonyl (C=O) groups excluding carboxylic acids is 1. The van der Waals surface area contributed by atoms with Crippen LogP contribution in [0, 0.1) is 5.82 Å². The lowest BCUT2D eigenvalue weighted by Crippen LogP contribution is -2.49. The maximum absolute atomic E-state index is 13.3. The number of aliphatic carboxylic acids is 1. The van der Waals surface area contributed by atoms with Crippen LogP contribution in [0.4, 0.5) is 9.18 Å². The number of alkyl carbamates (subject to hydrolysis) is 1. The number of pyridine rings is 1. The quantitative estimate of drug-likeness (QED) is 0.884. The molecule has 2 N–H and O–H groups in total. The van der Waals surface area contributed by atoms with Crippen LogP contribution >= 0.6 is 0 Å². The van der Waals surface area contributed by atoms with Gasteiger partial charge in [-0.25, -0.2) is 14.0 Å². The molecule has 23 heavy (non-hydrogen) atoms. The van der Waals surface area contributed by atoms with Crippen molar-refractivity contribution in [2.75, 3.05) is 0 Å². The Kier molecular flexibility index (Phi) is 4.90. The number of amides is 1. The molecule has 0 saturated heterocycles. The third kappa shape index (κ3) is 4.03. The zero-order chi connectivity index (χ0) is 16.9. The Morgan fingerprint density at radius 3 is 2.61 bits per heavy atom. The second-order valence-electron chi connectivity index (χ2n) is 5.01. The first-order chi connectivity index (χ1) is 10.9. The van der Waals surface area contributed by atoms with Crippen LogP contribution in [0.15, 0.2) is 48.8 Å². The number of ether oxygens (including phenoxy) is 1. The highest BCUT2D eigenvalue weighted by atomic mass is 19.1. The third-order valence-corrected chi connectivity index (χ3v) is 3.27. The molecule has 0 aliphatic carbocycles. The van der Waals surface area contributed by atoms with Crippen molar-refractivity contribution in [1.29, 1.82) is 0 Å². The number of benzene rings is 1. The summed E-state index contributed by atoms with van der Waals surface area (Å²) >= 11 is 0. The fourth-order valence-electron chi connectivity index (χ4n) is 1.90. The minimum absolute atomic E-state index is 0.00154. The first kappa shape index (κ1) is 16.4. The number of hydrogen-bond donors (Lipinski definition) is 2. The van der Waals surface area contributed by atoms with Crippen molar-refractivity contribution in [3.8, 4) is 0 Å². The van der Waals surface area contributed by atoms with Gasteiger partial charge < -0.3 is 15.2 Å². The summed E-state index contributed by atoms with van der Waals surface area (Å²) in [5, 5.41) is 11.6. The summed E-state index contributed by atoms with van der Waals surface area (Å²) in [6.07, 6.45) is 1.19. The second kappa shape index (κ2) is 6.87. The van der Waals surface area contributed by atoms with Crippen LogP contribution in [0.2, 0.25) is 0 Å². The third-order valence-electron chi connectivity index (χ3n) is 3.27. The summed E-state index contributed by atoms with van der Waals surface area (Å²) in [5.74, 6) is -2.06. The van der Waals surface area contributed by atoms with Crippen molar-refractivity contribution in [1.82, 2.24) is 10.3 Å². The largest absolute Gasteiger partial charge is 0.479 e. The number of nitrogens with zero attached hydrogens (tertiary/aromatic N) is 1. The van der Waals surface area contributed by atoms with E-state index < -0.39 is 23.4 Å². The molecule has 1 heterocycles. The predicted molar refractivity (Wildman–Crippen MR) is 78.9 cm³/mol. The van der Waals surface area contributed by atoms with Crippen molar-refractivity contribution >= 4 is 12.1 Å². The molecule has 2 rings (SSSR count). The number of hydrogen-bond acceptors (Lipinski definition) is 4. The summed E-state index contributed by atoms with van der Waals surface area (Å²) in [4.78, 5) is 27.0. The molecule has 1 amide bonds.